The Kier molecular flexibility index (Phi) is 4.37. The minimum Gasteiger partial charge on any atom is -0.313 e. The normalized spacial score (nSPS) is 13.8. The molecule has 1 N–H and O–H groups in total. The van der Waals surface area contributed by atoms with E-state index in [9.17, 15) is 0 Å². The summed E-state index contributed by atoms with van der Waals surface area (Å²) < 4.78 is 0. The Bertz CT molecular complexity index is 391. The predicted molar refractivity (Wildman–Crippen MR) is 76.5 cm³/mol. The predicted octanol–water partition coefficient (Wildman–Crippen LogP) is 4.31. The van der Waals surface area contributed by atoms with E-state index >= 15 is 0 Å². The molecule has 17 heavy (non-hydrogen) atoms. The van der Waals surface area contributed by atoms with Gasteiger partial charge in [-0.25, -0.2) is 0 Å². The molecule has 1 atom stereocenters. The fourth-order valence-electron chi connectivity index (χ4n) is 2.47. The Morgan fingerprint density at radius 3 is 2.06 bits per heavy atom. The standard InChI is InChI=1S/C16H27N/c1-8-16(5,6)15(17-7)14-10-12(3)11(2)9-13(14)4/h9-10,15,17H,8H2,1-7H3. The Labute approximate surface area is 107 Å². The number of benzene rings is 1. The van der Waals surface area contributed by atoms with E-state index in [1.165, 1.54) is 28.7 Å². The summed E-state index contributed by atoms with van der Waals surface area (Å²) in [5.74, 6) is 0. The number of rotatable bonds is 4. The molecule has 0 aliphatic carbocycles. The molecule has 0 amide bonds. The molecule has 0 aliphatic rings. The second kappa shape index (κ2) is 5.22. The molecule has 0 saturated heterocycles. The third-order valence-electron chi connectivity index (χ3n) is 4.17. The summed E-state index contributed by atoms with van der Waals surface area (Å²) in [4.78, 5) is 0. The van der Waals surface area contributed by atoms with Crippen molar-refractivity contribution in [3.05, 3.63) is 34.4 Å². The van der Waals surface area contributed by atoms with E-state index in [4.69, 9.17) is 0 Å². The van der Waals surface area contributed by atoms with Gasteiger partial charge in [0, 0.05) is 6.04 Å². The van der Waals surface area contributed by atoms with Gasteiger partial charge in [0.05, 0.1) is 0 Å². The maximum absolute atomic E-state index is 3.50. The summed E-state index contributed by atoms with van der Waals surface area (Å²) in [6, 6.07) is 5.08. The van der Waals surface area contributed by atoms with Crippen LogP contribution < -0.4 is 5.32 Å². The van der Waals surface area contributed by atoms with E-state index < -0.39 is 0 Å². The topological polar surface area (TPSA) is 12.0 Å². The molecule has 0 fully saturated rings. The van der Waals surface area contributed by atoms with Gasteiger partial charge >= 0.3 is 0 Å². The molecule has 1 nitrogen and oxygen atoms in total. The van der Waals surface area contributed by atoms with Crippen LogP contribution in [0.4, 0.5) is 0 Å². The van der Waals surface area contributed by atoms with Crippen molar-refractivity contribution >= 4 is 0 Å². The third kappa shape index (κ3) is 2.90. The highest BCUT2D eigenvalue weighted by Gasteiger charge is 2.28. The van der Waals surface area contributed by atoms with Crippen molar-refractivity contribution in [2.45, 2.75) is 54.0 Å². The molecule has 0 heterocycles. The molecule has 1 unspecified atom stereocenters. The molecular weight excluding hydrogens is 206 g/mol. The van der Waals surface area contributed by atoms with Crippen LogP contribution in [0.1, 0.15) is 55.5 Å². The second-order valence-electron chi connectivity index (χ2n) is 5.86. The Hall–Kier alpha value is -0.820. The van der Waals surface area contributed by atoms with Crippen molar-refractivity contribution in [3.63, 3.8) is 0 Å². The van der Waals surface area contributed by atoms with Gasteiger partial charge in [0.15, 0.2) is 0 Å². The Morgan fingerprint density at radius 2 is 1.59 bits per heavy atom. The molecule has 1 aromatic rings. The first-order valence-corrected chi connectivity index (χ1v) is 6.58. The van der Waals surface area contributed by atoms with Crippen LogP contribution in [-0.2, 0) is 0 Å². The van der Waals surface area contributed by atoms with Crippen LogP contribution in [0, 0.1) is 26.2 Å². The van der Waals surface area contributed by atoms with Crippen LogP contribution in [0.25, 0.3) is 0 Å². The highest BCUT2D eigenvalue weighted by Crippen LogP contribution is 2.37. The molecule has 1 aromatic carbocycles. The summed E-state index contributed by atoms with van der Waals surface area (Å²) in [5.41, 5.74) is 5.89. The zero-order valence-electron chi connectivity index (χ0n) is 12.4. The molecule has 0 aromatic heterocycles. The molecule has 0 bridgehead atoms. The highest BCUT2D eigenvalue weighted by atomic mass is 14.9. The van der Waals surface area contributed by atoms with Gasteiger partial charge in [-0.3, -0.25) is 0 Å². The van der Waals surface area contributed by atoms with Crippen LogP contribution in [-0.4, -0.2) is 7.05 Å². The van der Waals surface area contributed by atoms with Crippen LogP contribution >= 0.6 is 0 Å². The van der Waals surface area contributed by atoms with Crippen molar-refractivity contribution < 1.29 is 0 Å². The first-order chi connectivity index (χ1) is 7.83. The highest BCUT2D eigenvalue weighted by molar-refractivity contribution is 5.39. The van der Waals surface area contributed by atoms with E-state index in [0.29, 0.717) is 6.04 Å². The molecule has 1 rings (SSSR count). The van der Waals surface area contributed by atoms with Crippen molar-refractivity contribution in [2.24, 2.45) is 5.41 Å². The summed E-state index contributed by atoms with van der Waals surface area (Å²) >= 11 is 0. The third-order valence-corrected chi connectivity index (χ3v) is 4.17. The van der Waals surface area contributed by atoms with Gasteiger partial charge in [0.25, 0.3) is 0 Å². The molecule has 0 radical (unpaired) electrons. The van der Waals surface area contributed by atoms with Crippen LogP contribution in [0.2, 0.25) is 0 Å². The molecule has 0 spiro atoms. The fourth-order valence-corrected chi connectivity index (χ4v) is 2.47. The zero-order valence-corrected chi connectivity index (χ0v) is 12.4. The van der Waals surface area contributed by atoms with E-state index in [2.05, 4.69) is 66.0 Å². The molecular formula is C16H27N. The van der Waals surface area contributed by atoms with Gasteiger partial charge in [-0.05, 0) is 61.9 Å². The average molecular weight is 233 g/mol. The summed E-state index contributed by atoms with van der Waals surface area (Å²) in [6.07, 6.45) is 1.17. The largest absolute Gasteiger partial charge is 0.313 e. The van der Waals surface area contributed by atoms with Gasteiger partial charge in [0.1, 0.15) is 0 Å². The molecule has 1 heteroatoms. The zero-order chi connectivity index (χ0) is 13.2. The van der Waals surface area contributed by atoms with Gasteiger partial charge in [0.2, 0.25) is 0 Å². The first-order valence-electron chi connectivity index (χ1n) is 6.58. The van der Waals surface area contributed by atoms with Crippen LogP contribution in [0.3, 0.4) is 0 Å². The smallest absolute Gasteiger partial charge is 0.0372 e. The van der Waals surface area contributed by atoms with Crippen molar-refractivity contribution in [1.82, 2.24) is 5.32 Å². The first kappa shape index (κ1) is 14.2. The van der Waals surface area contributed by atoms with Gasteiger partial charge in [-0.1, -0.05) is 32.9 Å². The lowest BCUT2D eigenvalue weighted by Gasteiger charge is -2.35. The minimum atomic E-state index is 0.279. The van der Waals surface area contributed by atoms with Gasteiger partial charge in [-0.2, -0.15) is 0 Å². The van der Waals surface area contributed by atoms with Gasteiger partial charge in [-0.15, -0.1) is 0 Å². The van der Waals surface area contributed by atoms with E-state index in [-0.39, 0.29) is 5.41 Å². The maximum Gasteiger partial charge on any atom is 0.0372 e. The second-order valence-corrected chi connectivity index (χ2v) is 5.86. The number of aryl methyl sites for hydroxylation is 3. The fraction of sp³-hybridized carbons (Fsp3) is 0.625. The summed E-state index contributed by atoms with van der Waals surface area (Å²) in [5, 5.41) is 3.50. The molecule has 0 aliphatic heterocycles. The van der Waals surface area contributed by atoms with E-state index in [1.807, 2.05) is 0 Å². The number of hydrogen-bond donors (Lipinski definition) is 1. The lowest BCUT2D eigenvalue weighted by Crippen LogP contribution is -2.32. The van der Waals surface area contributed by atoms with E-state index in [0.717, 1.165) is 0 Å². The molecule has 0 saturated carbocycles. The van der Waals surface area contributed by atoms with Crippen molar-refractivity contribution in [1.29, 1.82) is 0 Å². The maximum atomic E-state index is 3.50. The average Bonchev–Trinajstić information content (AvgIpc) is 2.26. The quantitative estimate of drug-likeness (QED) is 0.817. The SMILES string of the molecule is CCC(C)(C)C(NC)c1cc(C)c(C)cc1C. The minimum absolute atomic E-state index is 0.279. The lowest BCUT2D eigenvalue weighted by molar-refractivity contribution is 0.244. The molecule has 96 valence electrons. The van der Waals surface area contributed by atoms with E-state index in [1.54, 1.807) is 0 Å². The van der Waals surface area contributed by atoms with Crippen molar-refractivity contribution in [3.8, 4) is 0 Å². The Morgan fingerprint density at radius 1 is 1.06 bits per heavy atom. The summed E-state index contributed by atoms with van der Waals surface area (Å²) in [7, 11) is 2.07. The lowest BCUT2D eigenvalue weighted by atomic mass is 9.76. The van der Waals surface area contributed by atoms with Crippen LogP contribution in [0.15, 0.2) is 12.1 Å². The summed E-state index contributed by atoms with van der Waals surface area (Å²) in [6.45, 7) is 13.5. The van der Waals surface area contributed by atoms with Crippen molar-refractivity contribution in [2.75, 3.05) is 7.05 Å². The Balaban J connectivity index is 3.26. The monoisotopic (exact) mass is 233 g/mol. The number of hydrogen-bond acceptors (Lipinski definition) is 1. The van der Waals surface area contributed by atoms with Crippen LogP contribution in [0.5, 0.6) is 0 Å². The van der Waals surface area contributed by atoms with Gasteiger partial charge < -0.3 is 5.32 Å². The number of nitrogens with one attached hydrogen (secondary N) is 1.